The Balaban J connectivity index is 1.68. The van der Waals surface area contributed by atoms with Crippen molar-refractivity contribution in [2.45, 2.75) is 51.5 Å². The Bertz CT molecular complexity index is 858. The highest BCUT2D eigenvalue weighted by atomic mass is 16.2. The number of hydrogen-bond acceptors (Lipinski definition) is 3. The van der Waals surface area contributed by atoms with Gasteiger partial charge in [0.05, 0.1) is 11.6 Å². The van der Waals surface area contributed by atoms with Crippen LogP contribution in [0.5, 0.6) is 0 Å². The van der Waals surface area contributed by atoms with Crippen LogP contribution in [0.3, 0.4) is 0 Å². The highest BCUT2D eigenvalue weighted by molar-refractivity contribution is 6.02. The van der Waals surface area contributed by atoms with E-state index in [2.05, 4.69) is 10.6 Å². The molecule has 0 heterocycles. The zero-order valence-electron chi connectivity index (χ0n) is 18.3. The van der Waals surface area contributed by atoms with Crippen LogP contribution in [0.2, 0.25) is 0 Å². The second kappa shape index (κ2) is 10.3. The number of anilines is 2. The highest BCUT2D eigenvalue weighted by Gasteiger charge is 2.19. The number of carbonyl (C=O) groups excluding carboxylic acids is 2. The molecule has 2 amide bonds. The van der Waals surface area contributed by atoms with Gasteiger partial charge in [0.2, 0.25) is 5.91 Å². The van der Waals surface area contributed by atoms with Crippen LogP contribution in [-0.2, 0) is 4.79 Å². The van der Waals surface area contributed by atoms with E-state index in [9.17, 15) is 9.59 Å². The van der Waals surface area contributed by atoms with E-state index in [1.54, 1.807) is 6.07 Å². The standard InChI is InChI=1S/C25H33N3O2/c1-18(20-11-5-4-6-12-20)26-25(30)22-17-21(14-15-23(22)28(2)3)27-24(29)16-13-19-9-7-8-10-19/h4-6,11-12,14-15,17-19H,7-10,13,16H2,1-3H3,(H,26,30)(H,27,29)/t18-/m1/s1. The van der Waals surface area contributed by atoms with Gasteiger partial charge in [-0.2, -0.15) is 0 Å². The highest BCUT2D eigenvalue weighted by Crippen LogP contribution is 2.29. The minimum Gasteiger partial charge on any atom is -0.377 e. The van der Waals surface area contributed by atoms with Crippen LogP contribution in [0.25, 0.3) is 0 Å². The Hall–Kier alpha value is -2.82. The van der Waals surface area contributed by atoms with Crippen LogP contribution in [0.4, 0.5) is 11.4 Å². The van der Waals surface area contributed by atoms with E-state index in [0.717, 1.165) is 17.7 Å². The summed E-state index contributed by atoms with van der Waals surface area (Å²) in [5, 5.41) is 6.05. The summed E-state index contributed by atoms with van der Waals surface area (Å²) >= 11 is 0. The molecule has 160 valence electrons. The molecule has 0 aliphatic heterocycles. The maximum Gasteiger partial charge on any atom is 0.253 e. The summed E-state index contributed by atoms with van der Waals surface area (Å²) in [7, 11) is 3.82. The molecule has 0 saturated heterocycles. The minimum absolute atomic E-state index is 0.0171. The number of carbonyl (C=O) groups is 2. The molecule has 1 saturated carbocycles. The lowest BCUT2D eigenvalue weighted by Gasteiger charge is -2.20. The largest absolute Gasteiger partial charge is 0.377 e. The molecule has 1 atom stereocenters. The van der Waals surface area contributed by atoms with E-state index in [1.165, 1.54) is 25.7 Å². The number of nitrogens with one attached hydrogen (secondary N) is 2. The minimum atomic E-state index is -0.155. The van der Waals surface area contributed by atoms with Crippen molar-refractivity contribution in [3.63, 3.8) is 0 Å². The fourth-order valence-corrected chi connectivity index (χ4v) is 4.14. The van der Waals surface area contributed by atoms with Crippen LogP contribution in [-0.4, -0.2) is 25.9 Å². The van der Waals surface area contributed by atoms with Gasteiger partial charge in [-0.1, -0.05) is 56.0 Å². The molecule has 5 nitrogen and oxygen atoms in total. The lowest BCUT2D eigenvalue weighted by Crippen LogP contribution is -2.28. The summed E-state index contributed by atoms with van der Waals surface area (Å²) in [6.07, 6.45) is 6.55. The first-order valence-corrected chi connectivity index (χ1v) is 10.9. The predicted molar refractivity (Wildman–Crippen MR) is 123 cm³/mol. The third kappa shape index (κ3) is 5.85. The monoisotopic (exact) mass is 407 g/mol. The summed E-state index contributed by atoms with van der Waals surface area (Å²) in [5.41, 5.74) is 3.08. The van der Waals surface area contributed by atoms with Crippen molar-refractivity contribution in [1.29, 1.82) is 0 Å². The Kier molecular flexibility index (Phi) is 7.50. The maximum atomic E-state index is 13.0. The van der Waals surface area contributed by atoms with Crippen LogP contribution in [0.1, 0.15) is 67.4 Å². The molecule has 1 aliphatic rings. The van der Waals surface area contributed by atoms with Crippen LogP contribution < -0.4 is 15.5 Å². The Morgan fingerprint density at radius 2 is 1.77 bits per heavy atom. The van der Waals surface area contributed by atoms with Gasteiger partial charge in [-0.25, -0.2) is 0 Å². The van der Waals surface area contributed by atoms with Crippen LogP contribution >= 0.6 is 0 Å². The molecule has 3 rings (SSSR count). The first-order valence-electron chi connectivity index (χ1n) is 10.9. The second-order valence-corrected chi connectivity index (χ2v) is 8.47. The van der Waals surface area contributed by atoms with Gasteiger partial charge in [0, 0.05) is 31.9 Å². The molecular weight excluding hydrogens is 374 g/mol. The molecule has 30 heavy (non-hydrogen) atoms. The number of hydrogen-bond donors (Lipinski definition) is 2. The smallest absolute Gasteiger partial charge is 0.253 e. The van der Waals surface area contributed by atoms with Crippen molar-refractivity contribution >= 4 is 23.2 Å². The van der Waals surface area contributed by atoms with Crippen LogP contribution in [0.15, 0.2) is 48.5 Å². The Morgan fingerprint density at radius 3 is 2.43 bits per heavy atom. The third-order valence-electron chi connectivity index (χ3n) is 5.91. The summed E-state index contributed by atoms with van der Waals surface area (Å²) in [4.78, 5) is 27.4. The lowest BCUT2D eigenvalue weighted by molar-refractivity contribution is -0.116. The second-order valence-electron chi connectivity index (χ2n) is 8.47. The number of benzene rings is 2. The third-order valence-corrected chi connectivity index (χ3v) is 5.91. The van der Waals surface area contributed by atoms with E-state index in [0.29, 0.717) is 23.6 Å². The summed E-state index contributed by atoms with van der Waals surface area (Å²) in [5.74, 6) is 0.549. The van der Waals surface area contributed by atoms with Gasteiger partial charge in [-0.05, 0) is 43.0 Å². The number of amides is 2. The fraction of sp³-hybridized carbons (Fsp3) is 0.440. The SMILES string of the molecule is C[C@@H](NC(=O)c1cc(NC(=O)CCC2CCCC2)ccc1N(C)C)c1ccccc1. The van der Waals surface area contributed by atoms with Crippen molar-refractivity contribution < 1.29 is 9.59 Å². The quantitative estimate of drug-likeness (QED) is 0.636. The summed E-state index contributed by atoms with van der Waals surface area (Å²) in [6, 6.07) is 15.3. The Morgan fingerprint density at radius 1 is 1.07 bits per heavy atom. The van der Waals surface area contributed by atoms with Gasteiger partial charge in [0.1, 0.15) is 0 Å². The average Bonchev–Trinajstić information content (AvgIpc) is 3.26. The maximum absolute atomic E-state index is 13.0. The van der Waals surface area contributed by atoms with E-state index in [4.69, 9.17) is 0 Å². The van der Waals surface area contributed by atoms with Crippen molar-refractivity contribution in [3.8, 4) is 0 Å². The lowest BCUT2D eigenvalue weighted by atomic mass is 10.0. The molecule has 1 fully saturated rings. The van der Waals surface area contributed by atoms with E-state index in [1.807, 2.05) is 68.4 Å². The zero-order valence-corrected chi connectivity index (χ0v) is 18.3. The fourth-order valence-electron chi connectivity index (χ4n) is 4.14. The molecule has 0 spiro atoms. The van der Waals surface area contributed by atoms with Crippen molar-refractivity contribution in [2.24, 2.45) is 5.92 Å². The van der Waals surface area contributed by atoms with Crippen molar-refractivity contribution in [1.82, 2.24) is 5.32 Å². The normalized spacial score (nSPS) is 14.9. The first kappa shape index (κ1) is 21.9. The average molecular weight is 408 g/mol. The molecule has 2 N–H and O–H groups in total. The molecule has 0 radical (unpaired) electrons. The molecule has 0 aromatic heterocycles. The summed E-state index contributed by atoms with van der Waals surface area (Å²) < 4.78 is 0. The predicted octanol–water partition coefficient (Wildman–Crippen LogP) is 5.15. The molecular formula is C25H33N3O2. The van der Waals surface area contributed by atoms with Gasteiger partial charge in [0.15, 0.2) is 0 Å². The van der Waals surface area contributed by atoms with Gasteiger partial charge < -0.3 is 15.5 Å². The van der Waals surface area contributed by atoms with Gasteiger partial charge in [-0.3, -0.25) is 9.59 Å². The van der Waals surface area contributed by atoms with E-state index in [-0.39, 0.29) is 17.9 Å². The number of rotatable bonds is 8. The molecule has 5 heteroatoms. The van der Waals surface area contributed by atoms with Gasteiger partial charge >= 0.3 is 0 Å². The van der Waals surface area contributed by atoms with Gasteiger partial charge in [-0.15, -0.1) is 0 Å². The van der Waals surface area contributed by atoms with Crippen LogP contribution in [0, 0.1) is 5.92 Å². The van der Waals surface area contributed by atoms with E-state index < -0.39 is 0 Å². The topological polar surface area (TPSA) is 61.4 Å². The molecule has 0 bridgehead atoms. The molecule has 0 unspecified atom stereocenters. The molecule has 2 aromatic carbocycles. The van der Waals surface area contributed by atoms with Gasteiger partial charge in [0.25, 0.3) is 5.91 Å². The molecule has 2 aromatic rings. The van der Waals surface area contributed by atoms with Crippen molar-refractivity contribution in [3.05, 3.63) is 59.7 Å². The molecule has 1 aliphatic carbocycles. The Labute approximate surface area is 179 Å². The summed E-state index contributed by atoms with van der Waals surface area (Å²) in [6.45, 7) is 1.97. The zero-order chi connectivity index (χ0) is 21.5. The van der Waals surface area contributed by atoms with Crippen molar-refractivity contribution in [2.75, 3.05) is 24.3 Å². The number of nitrogens with zero attached hydrogens (tertiary/aromatic N) is 1. The van der Waals surface area contributed by atoms with E-state index >= 15 is 0 Å². The first-order chi connectivity index (χ1) is 14.4.